The van der Waals surface area contributed by atoms with Crippen LogP contribution in [0.2, 0.25) is 0 Å². The van der Waals surface area contributed by atoms with Gasteiger partial charge in [0.2, 0.25) is 0 Å². The summed E-state index contributed by atoms with van der Waals surface area (Å²) in [6.45, 7) is 1.10. The zero-order chi connectivity index (χ0) is 19.1. The maximum atomic E-state index is 13.7. The van der Waals surface area contributed by atoms with Crippen molar-refractivity contribution in [1.82, 2.24) is 4.90 Å². The van der Waals surface area contributed by atoms with Crippen LogP contribution < -0.4 is 10.1 Å². The van der Waals surface area contributed by atoms with Crippen LogP contribution in [0.15, 0.2) is 18.2 Å². The van der Waals surface area contributed by atoms with Crippen LogP contribution in [0.4, 0.5) is 14.9 Å². The third-order valence-corrected chi connectivity index (χ3v) is 8.69. The van der Waals surface area contributed by atoms with Gasteiger partial charge in [0.15, 0.2) is 9.84 Å². The summed E-state index contributed by atoms with van der Waals surface area (Å²) in [6.07, 6.45) is 5.04. The van der Waals surface area contributed by atoms with Gasteiger partial charge >= 0.3 is 6.03 Å². The number of benzene rings is 1. The molecule has 4 rings (SSSR count). The van der Waals surface area contributed by atoms with Crippen LogP contribution in [0.3, 0.4) is 0 Å². The molecule has 1 spiro atoms. The summed E-state index contributed by atoms with van der Waals surface area (Å²) >= 11 is 0. The molecule has 148 valence electrons. The number of urea groups is 1. The molecule has 27 heavy (non-hydrogen) atoms. The van der Waals surface area contributed by atoms with Crippen molar-refractivity contribution in [1.29, 1.82) is 0 Å². The van der Waals surface area contributed by atoms with Gasteiger partial charge in [0.05, 0.1) is 22.8 Å². The lowest BCUT2D eigenvalue weighted by Gasteiger charge is -2.39. The molecule has 1 aliphatic heterocycles. The van der Waals surface area contributed by atoms with Crippen molar-refractivity contribution in [2.75, 3.05) is 30.8 Å². The van der Waals surface area contributed by atoms with E-state index in [2.05, 4.69) is 5.32 Å². The van der Waals surface area contributed by atoms with Gasteiger partial charge in [-0.25, -0.2) is 17.6 Å². The number of nitrogens with zero attached hydrogens (tertiary/aromatic N) is 1. The Morgan fingerprint density at radius 3 is 2.70 bits per heavy atom. The minimum Gasteiger partial charge on any atom is -0.491 e. The van der Waals surface area contributed by atoms with Crippen LogP contribution in [0, 0.1) is 11.7 Å². The molecule has 3 fully saturated rings. The predicted molar refractivity (Wildman–Crippen MR) is 100 cm³/mol. The standard InChI is InChI=1S/C19H25FN2O4S/c20-15-4-5-17(26-13-14-2-3-14)16(12-15)21-18(23)22-9-8-19(6-1-7-19)27(24,25)11-10-22/h4-5,12,14H,1-3,6-11,13H2,(H,21,23). The Bertz CT molecular complexity index is 834. The average Bonchev–Trinajstić information content (AvgIpc) is 3.40. The highest BCUT2D eigenvalue weighted by Gasteiger charge is 2.49. The molecule has 2 aliphatic carbocycles. The second-order valence-electron chi connectivity index (χ2n) is 7.92. The Hall–Kier alpha value is -1.83. The van der Waals surface area contributed by atoms with E-state index in [9.17, 15) is 17.6 Å². The number of rotatable bonds is 4. The van der Waals surface area contributed by atoms with E-state index in [0.717, 1.165) is 19.3 Å². The van der Waals surface area contributed by atoms with Gasteiger partial charge < -0.3 is 15.0 Å². The van der Waals surface area contributed by atoms with Crippen molar-refractivity contribution >= 4 is 21.6 Å². The second kappa shape index (κ2) is 6.96. The first kappa shape index (κ1) is 18.5. The van der Waals surface area contributed by atoms with E-state index >= 15 is 0 Å². The molecule has 0 atom stereocenters. The molecule has 0 aromatic heterocycles. The Balaban J connectivity index is 1.45. The number of ether oxygens (including phenoxy) is 1. The lowest BCUT2D eigenvalue weighted by molar-refractivity contribution is 0.208. The minimum absolute atomic E-state index is 0.0192. The lowest BCUT2D eigenvalue weighted by atomic mass is 9.81. The Labute approximate surface area is 159 Å². The zero-order valence-electron chi connectivity index (χ0n) is 15.2. The van der Waals surface area contributed by atoms with E-state index in [1.165, 1.54) is 23.1 Å². The zero-order valence-corrected chi connectivity index (χ0v) is 16.1. The third kappa shape index (κ3) is 3.77. The monoisotopic (exact) mass is 396 g/mol. The topological polar surface area (TPSA) is 75.7 Å². The van der Waals surface area contributed by atoms with Gasteiger partial charge in [-0.15, -0.1) is 0 Å². The van der Waals surface area contributed by atoms with E-state index in [0.29, 0.717) is 44.1 Å². The fourth-order valence-electron chi connectivity index (χ4n) is 3.80. The number of nitrogens with one attached hydrogen (secondary N) is 1. The fourth-order valence-corrected chi connectivity index (χ4v) is 6.01. The van der Waals surface area contributed by atoms with Gasteiger partial charge in [0.25, 0.3) is 0 Å². The Morgan fingerprint density at radius 1 is 1.26 bits per heavy atom. The van der Waals surface area contributed by atoms with Crippen LogP contribution in [-0.2, 0) is 9.84 Å². The number of anilines is 1. The molecule has 2 amide bonds. The van der Waals surface area contributed by atoms with Crippen molar-refractivity contribution in [2.45, 2.75) is 43.3 Å². The Morgan fingerprint density at radius 2 is 2.04 bits per heavy atom. The summed E-state index contributed by atoms with van der Waals surface area (Å²) in [4.78, 5) is 14.2. The van der Waals surface area contributed by atoms with Gasteiger partial charge in [-0.2, -0.15) is 0 Å². The predicted octanol–water partition coefficient (Wildman–Crippen LogP) is 3.19. The smallest absolute Gasteiger partial charge is 0.321 e. The van der Waals surface area contributed by atoms with Crippen LogP contribution in [0.1, 0.15) is 38.5 Å². The summed E-state index contributed by atoms with van der Waals surface area (Å²) in [5.74, 6) is 0.493. The molecule has 0 unspecified atom stereocenters. The highest BCUT2D eigenvalue weighted by atomic mass is 32.2. The van der Waals surface area contributed by atoms with E-state index < -0.39 is 26.4 Å². The van der Waals surface area contributed by atoms with E-state index in [-0.39, 0.29) is 18.0 Å². The average molecular weight is 396 g/mol. The highest BCUT2D eigenvalue weighted by molar-refractivity contribution is 7.92. The molecule has 6 nitrogen and oxygen atoms in total. The van der Waals surface area contributed by atoms with E-state index in [1.54, 1.807) is 0 Å². The summed E-state index contributed by atoms with van der Waals surface area (Å²) in [6, 6.07) is 3.64. The fraction of sp³-hybridized carbons (Fsp3) is 0.632. The molecule has 0 bridgehead atoms. The van der Waals surface area contributed by atoms with Crippen molar-refractivity contribution in [3.05, 3.63) is 24.0 Å². The number of carbonyl (C=O) groups excluding carboxylic acids is 1. The van der Waals surface area contributed by atoms with Crippen LogP contribution in [-0.4, -0.2) is 49.5 Å². The normalized spacial score (nSPS) is 23.4. The summed E-state index contributed by atoms with van der Waals surface area (Å²) in [5, 5.41) is 2.71. The van der Waals surface area contributed by atoms with Gasteiger partial charge in [-0.3, -0.25) is 0 Å². The number of carbonyl (C=O) groups is 1. The van der Waals surface area contributed by atoms with Crippen LogP contribution in [0.5, 0.6) is 5.75 Å². The maximum Gasteiger partial charge on any atom is 0.321 e. The molecule has 1 heterocycles. The molecule has 1 saturated heterocycles. The molecular formula is C19H25FN2O4S. The minimum atomic E-state index is -3.19. The molecule has 0 radical (unpaired) electrons. The van der Waals surface area contributed by atoms with Gasteiger partial charge in [-0.05, 0) is 50.2 Å². The molecule has 2 saturated carbocycles. The second-order valence-corrected chi connectivity index (χ2v) is 10.4. The largest absolute Gasteiger partial charge is 0.491 e. The summed E-state index contributed by atoms with van der Waals surface area (Å²) in [7, 11) is -3.19. The van der Waals surface area contributed by atoms with Gasteiger partial charge in [-0.1, -0.05) is 6.42 Å². The molecule has 1 aromatic rings. The van der Waals surface area contributed by atoms with E-state index in [4.69, 9.17) is 4.74 Å². The number of sulfone groups is 1. The van der Waals surface area contributed by atoms with Gasteiger partial charge in [0, 0.05) is 19.2 Å². The maximum absolute atomic E-state index is 13.7. The van der Waals surface area contributed by atoms with Crippen molar-refractivity contribution < 1.29 is 22.3 Å². The summed E-state index contributed by atoms with van der Waals surface area (Å²) < 4.78 is 43.9. The first-order chi connectivity index (χ1) is 12.9. The SMILES string of the molecule is O=C(Nc1cc(F)ccc1OCC1CC1)N1CCC2(CCC2)S(=O)(=O)CC1. The quantitative estimate of drug-likeness (QED) is 0.848. The van der Waals surface area contributed by atoms with Crippen molar-refractivity contribution in [3.8, 4) is 5.75 Å². The number of halogens is 1. The van der Waals surface area contributed by atoms with Crippen LogP contribution >= 0.6 is 0 Å². The molecule has 3 aliphatic rings. The molecule has 1 aromatic carbocycles. The Kier molecular flexibility index (Phi) is 4.78. The number of hydrogen-bond acceptors (Lipinski definition) is 4. The lowest BCUT2D eigenvalue weighted by Crippen LogP contribution is -2.46. The summed E-state index contributed by atoms with van der Waals surface area (Å²) in [5.41, 5.74) is 0.283. The van der Waals surface area contributed by atoms with Gasteiger partial charge in [0.1, 0.15) is 11.6 Å². The number of hydrogen-bond donors (Lipinski definition) is 1. The third-order valence-electron chi connectivity index (χ3n) is 6.03. The highest BCUT2D eigenvalue weighted by Crippen LogP contribution is 2.44. The molecule has 8 heteroatoms. The molecule has 1 N–H and O–H groups in total. The number of amides is 2. The van der Waals surface area contributed by atoms with Crippen molar-refractivity contribution in [2.24, 2.45) is 5.92 Å². The van der Waals surface area contributed by atoms with Crippen molar-refractivity contribution in [3.63, 3.8) is 0 Å². The van der Waals surface area contributed by atoms with Crippen LogP contribution in [0.25, 0.3) is 0 Å². The van der Waals surface area contributed by atoms with E-state index in [1.807, 2.05) is 0 Å². The first-order valence-electron chi connectivity index (χ1n) is 9.59. The molecular weight excluding hydrogens is 371 g/mol. The first-order valence-corrected chi connectivity index (χ1v) is 11.2.